The minimum absolute atomic E-state index is 0.956. The average molecular weight is 186 g/mol. The maximum absolute atomic E-state index is 4.29. The summed E-state index contributed by atoms with van der Waals surface area (Å²) in [4.78, 5) is 4.29. The molecule has 1 aromatic heterocycles. The molecule has 1 N–H and O–H groups in total. The van der Waals surface area contributed by atoms with Gasteiger partial charge in [-0.2, -0.15) is 0 Å². The number of nitrogens with zero attached hydrogens (tertiary/aromatic N) is 1. The van der Waals surface area contributed by atoms with Gasteiger partial charge in [0.1, 0.15) is 5.82 Å². The van der Waals surface area contributed by atoms with Crippen LogP contribution < -0.4 is 5.32 Å². The van der Waals surface area contributed by atoms with Crippen molar-refractivity contribution in [3.63, 3.8) is 0 Å². The van der Waals surface area contributed by atoms with Gasteiger partial charge in [0.15, 0.2) is 0 Å². The number of fused-ring (bicyclic) bond motifs is 1. The minimum Gasteiger partial charge on any atom is -0.373 e. The Bertz CT molecular complexity index is 406. The van der Waals surface area contributed by atoms with Crippen molar-refractivity contribution >= 4 is 16.6 Å². The van der Waals surface area contributed by atoms with E-state index in [1.807, 2.05) is 13.2 Å². The minimum atomic E-state index is 0.956. The predicted molar refractivity (Wildman–Crippen MR) is 60.7 cm³/mol. The Labute approximate surface area is 84.0 Å². The maximum atomic E-state index is 4.29. The number of hydrogen-bond donors (Lipinski definition) is 1. The lowest BCUT2D eigenvalue weighted by atomic mass is 10.0. The number of pyridine rings is 1. The Morgan fingerprint density at radius 3 is 2.79 bits per heavy atom. The van der Waals surface area contributed by atoms with Crippen molar-refractivity contribution in [3.8, 4) is 0 Å². The van der Waals surface area contributed by atoms with Crippen LogP contribution >= 0.6 is 0 Å². The lowest BCUT2D eigenvalue weighted by molar-refractivity contribution is 1.16. The van der Waals surface area contributed by atoms with Crippen molar-refractivity contribution in [2.24, 2.45) is 0 Å². The van der Waals surface area contributed by atoms with E-state index in [9.17, 15) is 0 Å². The zero-order valence-electron chi connectivity index (χ0n) is 8.54. The van der Waals surface area contributed by atoms with Gasteiger partial charge in [-0.25, -0.2) is 4.98 Å². The van der Waals surface area contributed by atoms with Gasteiger partial charge in [0.05, 0.1) is 0 Å². The average Bonchev–Trinajstić information content (AvgIpc) is 2.27. The summed E-state index contributed by atoms with van der Waals surface area (Å²) in [6.45, 7) is 2.17. The fourth-order valence-corrected chi connectivity index (χ4v) is 1.78. The number of benzene rings is 1. The van der Waals surface area contributed by atoms with Crippen molar-refractivity contribution in [2.45, 2.75) is 13.3 Å². The van der Waals surface area contributed by atoms with Crippen molar-refractivity contribution in [2.75, 3.05) is 12.4 Å². The van der Waals surface area contributed by atoms with Gasteiger partial charge in [-0.3, -0.25) is 0 Å². The number of anilines is 1. The Hall–Kier alpha value is -1.57. The van der Waals surface area contributed by atoms with E-state index >= 15 is 0 Å². The maximum Gasteiger partial charge on any atom is 0.133 e. The van der Waals surface area contributed by atoms with Crippen molar-refractivity contribution in [3.05, 3.63) is 36.0 Å². The Balaban J connectivity index is 2.77. The Morgan fingerprint density at radius 1 is 1.21 bits per heavy atom. The molecule has 2 aromatic rings. The van der Waals surface area contributed by atoms with E-state index in [2.05, 4.69) is 41.5 Å². The van der Waals surface area contributed by atoms with Crippen LogP contribution in [0, 0.1) is 0 Å². The molecule has 0 spiro atoms. The van der Waals surface area contributed by atoms with Gasteiger partial charge in [-0.15, -0.1) is 0 Å². The van der Waals surface area contributed by atoms with Gasteiger partial charge in [-0.05, 0) is 23.4 Å². The Morgan fingerprint density at radius 2 is 2.07 bits per heavy atom. The van der Waals surface area contributed by atoms with Crippen LogP contribution in [0.25, 0.3) is 10.8 Å². The van der Waals surface area contributed by atoms with Crippen LogP contribution in [-0.4, -0.2) is 12.0 Å². The van der Waals surface area contributed by atoms with E-state index in [-0.39, 0.29) is 0 Å². The van der Waals surface area contributed by atoms with E-state index in [0.29, 0.717) is 0 Å². The van der Waals surface area contributed by atoms with E-state index in [1.54, 1.807) is 0 Å². The zero-order chi connectivity index (χ0) is 9.97. The van der Waals surface area contributed by atoms with E-state index < -0.39 is 0 Å². The number of hydrogen-bond acceptors (Lipinski definition) is 2. The molecule has 0 atom stereocenters. The van der Waals surface area contributed by atoms with Crippen LogP contribution in [0.1, 0.15) is 12.5 Å². The number of nitrogens with one attached hydrogen (secondary N) is 1. The molecule has 2 nitrogen and oxygen atoms in total. The van der Waals surface area contributed by atoms with Gasteiger partial charge in [-0.1, -0.05) is 25.1 Å². The molecule has 72 valence electrons. The van der Waals surface area contributed by atoms with Gasteiger partial charge in [0, 0.05) is 18.6 Å². The van der Waals surface area contributed by atoms with Crippen LogP contribution in [0.3, 0.4) is 0 Å². The van der Waals surface area contributed by atoms with Gasteiger partial charge in [0.2, 0.25) is 0 Å². The molecule has 1 aromatic carbocycles. The number of aryl methyl sites for hydroxylation is 1. The topological polar surface area (TPSA) is 24.9 Å². The highest BCUT2D eigenvalue weighted by molar-refractivity contribution is 5.93. The molecule has 2 heteroatoms. The largest absolute Gasteiger partial charge is 0.373 e. The smallest absolute Gasteiger partial charge is 0.133 e. The van der Waals surface area contributed by atoms with Crippen molar-refractivity contribution in [1.82, 2.24) is 4.98 Å². The standard InChI is InChI=1S/C12H14N2/c1-3-9-5-4-6-11-10(9)7-8-14-12(11)13-2/h4-8H,3H2,1-2H3,(H,13,14). The fourth-order valence-electron chi connectivity index (χ4n) is 1.78. The van der Waals surface area contributed by atoms with Gasteiger partial charge < -0.3 is 5.32 Å². The molecule has 1 heterocycles. The summed E-state index contributed by atoms with van der Waals surface area (Å²) in [5.74, 6) is 0.956. The third-order valence-electron chi connectivity index (χ3n) is 2.51. The Kier molecular flexibility index (Phi) is 2.35. The lowest BCUT2D eigenvalue weighted by Crippen LogP contribution is -1.94. The molecule has 0 aliphatic rings. The van der Waals surface area contributed by atoms with E-state index in [1.165, 1.54) is 16.3 Å². The van der Waals surface area contributed by atoms with Crippen LogP contribution in [-0.2, 0) is 6.42 Å². The predicted octanol–water partition coefficient (Wildman–Crippen LogP) is 2.84. The third kappa shape index (κ3) is 1.33. The molecular weight excluding hydrogens is 172 g/mol. The van der Waals surface area contributed by atoms with Crippen molar-refractivity contribution < 1.29 is 0 Å². The molecule has 0 saturated carbocycles. The molecule has 0 amide bonds. The first-order valence-corrected chi connectivity index (χ1v) is 4.91. The first-order chi connectivity index (χ1) is 6.86. The highest BCUT2D eigenvalue weighted by Gasteiger charge is 2.02. The van der Waals surface area contributed by atoms with Crippen LogP contribution in [0.4, 0.5) is 5.82 Å². The summed E-state index contributed by atoms with van der Waals surface area (Å²) in [7, 11) is 1.90. The lowest BCUT2D eigenvalue weighted by Gasteiger charge is -2.07. The quantitative estimate of drug-likeness (QED) is 0.780. The summed E-state index contributed by atoms with van der Waals surface area (Å²) in [5, 5.41) is 5.61. The summed E-state index contributed by atoms with van der Waals surface area (Å²) in [6.07, 6.45) is 2.91. The monoisotopic (exact) mass is 186 g/mol. The molecule has 0 fully saturated rings. The molecule has 2 rings (SSSR count). The second-order valence-corrected chi connectivity index (χ2v) is 3.28. The van der Waals surface area contributed by atoms with Crippen molar-refractivity contribution in [1.29, 1.82) is 0 Å². The van der Waals surface area contributed by atoms with Gasteiger partial charge >= 0.3 is 0 Å². The first kappa shape index (κ1) is 9.00. The summed E-state index contributed by atoms with van der Waals surface area (Å²) >= 11 is 0. The second kappa shape index (κ2) is 3.66. The van der Waals surface area contributed by atoms with Crippen LogP contribution in [0.5, 0.6) is 0 Å². The van der Waals surface area contributed by atoms with E-state index in [0.717, 1.165) is 12.2 Å². The molecule has 0 aliphatic carbocycles. The normalized spacial score (nSPS) is 10.4. The van der Waals surface area contributed by atoms with Gasteiger partial charge in [0.25, 0.3) is 0 Å². The highest BCUT2D eigenvalue weighted by Crippen LogP contribution is 2.23. The third-order valence-corrected chi connectivity index (χ3v) is 2.51. The molecule has 0 aliphatic heterocycles. The summed E-state index contributed by atoms with van der Waals surface area (Å²) in [5.41, 5.74) is 1.38. The number of rotatable bonds is 2. The van der Waals surface area contributed by atoms with E-state index in [4.69, 9.17) is 0 Å². The number of aromatic nitrogens is 1. The fraction of sp³-hybridized carbons (Fsp3) is 0.250. The summed E-state index contributed by atoms with van der Waals surface area (Å²) < 4.78 is 0. The highest BCUT2D eigenvalue weighted by atomic mass is 14.9. The zero-order valence-corrected chi connectivity index (χ0v) is 8.54. The first-order valence-electron chi connectivity index (χ1n) is 4.91. The van der Waals surface area contributed by atoms with Crippen LogP contribution in [0.15, 0.2) is 30.5 Å². The molecule has 0 unspecified atom stereocenters. The SMILES string of the molecule is CCc1cccc2c(NC)nccc12. The molecule has 0 saturated heterocycles. The molecule has 0 radical (unpaired) electrons. The molecule has 14 heavy (non-hydrogen) atoms. The van der Waals surface area contributed by atoms with Crippen LogP contribution in [0.2, 0.25) is 0 Å². The molecular formula is C12H14N2. The second-order valence-electron chi connectivity index (χ2n) is 3.28. The summed E-state index contributed by atoms with van der Waals surface area (Å²) in [6, 6.07) is 8.44. The molecule has 0 bridgehead atoms.